The SMILES string of the molecule is O=C(O)Cn1cccc2cc(-c3cccs3)nc1-2. The van der Waals surface area contributed by atoms with Gasteiger partial charge in [0, 0.05) is 11.8 Å². The molecule has 1 N–H and O–H groups in total. The molecule has 18 heavy (non-hydrogen) atoms. The van der Waals surface area contributed by atoms with Gasteiger partial charge in [-0.15, -0.1) is 11.3 Å². The van der Waals surface area contributed by atoms with Gasteiger partial charge in [-0.1, -0.05) is 6.07 Å². The monoisotopic (exact) mass is 258 g/mol. The van der Waals surface area contributed by atoms with E-state index in [0.717, 1.165) is 16.1 Å². The summed E-state index contributed by atoms with van der Waals surface area (Å²) >= 11 is 1.62. The molecule has 1 aromatic rings. The van der Waals surface area contributed by atoms with Crippen LogP contribution in [0.5, 0.6) is 0 Å². The molecule has 3 rings (SSSR count). The number of hydrogen-bond donors (Lipinski definition) is 1. The lowest BCUT2D eigenvalue weighted by atomic mass is 10.2. The largest absolute Gasteiger partial charge is 0.480 e. The van der Waals surface area contributed by atoms with Gasteiger partial charge in [0.15, 0.2) is 0 Å². The Hall–Kier alpha value is -2.14. The molecular weight excluding hydrogens is 248 g/mol. The smallest absolute Gasteiger partial charge is 0.323 e. The molecule has 4 nitrogen and oxygen atoms in total. The third-order valence-corrected chi connectivity index (χ3v) is 3.56. The number of hydrogen-bond acceptors (Lipinski definition) is 3. The molecule has 0 spiro atoms. The van der Waals surface area contributed by atoms with Crippen LogP contribution in [0.4, 0.5) is 0 Å². The zero-order chi connectivity index (χ0) is 12.5. The van der Waals surface area contributed by atoms with Crippen molar-refractivity contribution in [3.05, 3.63) is 41.9 Å². The average molecular weight is 258 g/mol. The zero-order valence-corrected chi connectivity index (χ0v) is 10.2. The number of pyridine rings is 1. The maximum Gasteiger partial charge on any atom is 0.323 e. The van der Waals surface area contributed by atoms with Crippen molar-refractivity contribution in [2.75, 3.05) is 0 Å². The number of thiophene rings is 1. The van der Waals surface area contributed by atoms with Crippen molar-refractivity contribution in [1.29, 1.82) is 0 Å². The maximum absolute atomic E-state index is 10.8. The Morgan fingerprint density at radius 1 is 1.39 bits per heavy atom. The minimum atomic E-state index is -0.867. The van der Waals surface area contributed by atoms with E-state index in [1.165, 1.54) is 0 Å². The van der Waals surface area contributed by atoms with Crippen LogP contribution >= 0.6 is 11.3 Å². The van der Waals surface area contributed by atoms with Crippen LogP contribution in [-0.2, 0) is 11.3 Å². The van der Waals surface area contributed by atoms with Gasteiger partial charge in [-0.3, -0.25) is 4.79 Å². The van der Waals surface area contributed by atoms with Gasteiger partial charge in [-0.25, -0.2) is 4.98 Å². The molecule has 0 atom stereocenters. The lowest BCUT2D eigenvalue weighted by molar-refractivity contribution is -0.137. The van der Waals surface area contributed by atoms with Gasteiger partial charge in [0.2, 0.25) is 0 Å². The molecule has 2 aliphatic heterocycles. The number of carboxylic acid groups (broad SMARTS) is 1. The number of nitrogens with zero attached hydrogens (tertiary/aromatic N) is 2. The van der Waals surface area contributed by atoms with Gasteiger partial charge in [0.1, 0.15) is 12.4 Å². The highest BCUT2D eigenvalue weighted by atomic mass is 32.1. The Morgan fingerprint density at radius 3 is 3.00 bits per heavy atom. The van der Waals surface area contributed by atoms with Crippen LogP contribution in [0.1, 0.15) is 0 Å². The van der Waals surface area contributed by atoms with Crippen molar-refractivity contribution < 1.29 is 9.90 Å². The van der Waals surface area contributed by atoms with E-state index in [4.69, 9.17) is 5.11 Å². The first-order valence-electron chi connectivity index (χ1n) is 5.45. The Kier molecular flexibility index (Phi) is 2.60. The molecule has 0 bridgehead atoms. The summed E-state index contributed by atoms with van der Waals surface area (Å²) in [6.45, 7) is -0.0712. The normalized spacial score (nSPS) is 10.9. The second-order valence-corrected chi connectivity index (χ2v) is 4.88. The van der Waals surface area contributed by atoms with Crippen molar-refractivity contribution in [2.45, 2.75) is 6.54 Å². The number of carboxylic acids is 1. The second-order valence-electron chi connectivity index (χ2n) is 3.93. The maximum atomic E-state index is 10.8. The summed E-state index contributed by atoms with van der Waals surface area (Å²) in [7, 11) is 0. The Labute approximate surface area is 107 Å². The summed E-state index contributed by atoms with van der Waals surface area (Å²) in [5.74, 6) is -0.156. The van der Waals surface area contributed by atoms with E-state index in [0.29, 0.717) is 5.82 Å². The van der Waals surface area contributed by atoms with Crippen molar-refractivity contribution in [3.8, 4) is 22.0 Å². The van der Waals surface area contributed by atoms with Crippen LogP contribution in [0.15, 0.2) is 41.9 Å². The lowest BCUT2D eigenvalue weighted by Gasteiger charge is -2.07. The number of aromatic nitrogens is 2. The number of fused-ring (bicyclic) bond motifs is 1. The minimum absolute atomic E-state index is 0.0712. The van der Waals surface area contributed by atoms with Crippen LogP contribution in [0.3, 0.4) is 0 Å². The zero-order valence-electron chi connectivity index (χ0n) is 9.41. The molecular formula is C13H10N2O2S. The molecule has 0 aliphatic carbocycles. The van der Waals surface area contributed by atoms with Crippen LogP contribution in [-0.4, -0.2) is 20.6 Å². The second kappa shape index (κ2) is 4.27. The first-order valence-corrected chi connectivity index (χ1v) is 6.33. The Bertz CT molecular complexity index is 658. The van der Waals surface area contributed by atoms with Gasteiger partial charge in [0.05, 0.1) is 10.6 Å². The third kappa shape index (κ3) is 1.89. The minimum Gasteiger partial charge on any atom is -0.480 e. The van der Waals surface area contributed by atoms with Crippen LogP contribution in [0.2, 0.25) is 0 Å². The van der Waals surface area contributed by atoms with E-state index < -0.39 is 5.97 Å². The number of rotatable bonds is 3. The summed E-state index contributed by atoms with van der Waals surface area (Å²) in [5.41, 5.74) is 1.85. The fourth-order valence-corrected chi connectivity index (χ4v) is 2.61. The molecule has 2 aliphatic rings. The van der Waals surface area contributed by atoms with Crippen molar-refractivity contribution >= 4 is 17.3 Å². The summed E-state index contributed by atoms with van der Waals surface area (Å²) in [5, 5.41) is 10.9. The fraction of sp³-hybridized carbons (Fsp3) is 0.0769. The molecule has 90 valence electrons. The number of aliphatic carboxylic acids is 1. The lowest BCUT2D eigenvalue weighted by Crippen LogP contribution is -2.11. The summed E-state index contributed by atoms with van der Waals surface area (Å²) in [6.07, 6.45) is 1.74. The first-order chi connectivity index (χ1) is 8.74. The quantitative estimate of drug-likeness (QED) is 0.786. The van der Waals surface area contributed by atoms with E-state index >= 15 is 0 Å². The van der Waals surface area contributed by atoms with Gasteiger partial charge in [-0.05, 0) is 29.6 Å². The van der Waals surface area contributed by atoms with E-state index in [2.05, 4.69) is 4.98 Å². The highest BCUT2D eigenvalue weighted by Crippen LogP contribution is 2.30. The van der Waals surface area contributed by atoms with Gasteiger partial charge >= 0.3 is 5.97 Å². The molecule has 1 aromatic heterocycles. The molecule has 0 aromatic carbocycles. The van der Waals surface area contributed by atoms with E-state index in [1.807, 2.05) is 35.7 Å². The average Bonchev–Trinajstić information content (AvgIpc) is 2.97. The van der Waals surface area contributed by atoms with E-state index in [-0.39, 0.29) is 6.54 Å². The van der Waals surface area contributed by atoms with Gasteiger partial charge in [-0.2, -0.15) is 0 Å². The summed E-state index contributed by atoms with van der Waals surface area (Å²) < 4.78 is 1.65. The molecule has 0 fully saturated rings. The van der Waals surface area contributed by atoms with E-state index in [9.17, 15) is 4.79 Å². The van der Waals surface area contributed by atoms with Crippen molar-refractivity contribution in [1.82, 2.24) is 9.55 Å². The molecule has 0 saturated carbocycles. The fourth-order valence-electron chi connectivity index (χ4n) is 1.92. The Morgan fingerprint density at radius 2 is 2.28 bits per heavy atom. The third-order valence-electron chi connectivity index (χ3n) is 2.67. The van der Waals surface area contributed by atoms with Crippen LogP contribution < -0.4 is 0 Å². The molecule has 0 radical (unpaired) electrons. The predicted octanol–water partition coefficient (Wildman–Crippen LogP) is 2.80. The molecule has 0 unspecified atom stereocenters. The summed E-state index contributed by atoms with van der Waals surface area (Å²) in [6, 6.07) is 9.75. The standard InChI is InChI=1S/C13H10N2O2S/c16-12(17)8-15-5-1-3-9-7-10(14-13(9)15)11-4-2-6-18-11/h1-7H,8H2,(H,16,17). The van der Waals surface area contributed by atoms with Gasteiger partial charge < -0.3 is 9.67 Å². The van der Waals surface area contributed by atoms with Crippen LogP contribution in [0.25, 0.3) is 22.0 Å². The van der Waals surface area contributed by atoms with Crippen LogP contribution in [0, 0.1) is 0 Å². The molecule has 3 heterocycles. The highest BCUT2D eigenvalue weighted by molar-refractivity contribution is 7.13. The molecule has 0 saturated heterocycles. The summed E-state index contributed by atoms with van der Waals surface area (Å²) in [4.78, 5) is 16.4. The first kappa shape index (κ1) is 11.0. The topological polar surface area (TPSA) is 55.1 Å². The molecule has 0 amide bonds. The predicted molar refractivity (Wildman–Crippen MR) is 69.8 cm³/mol. The van der Waals surface area contributed by atoms with Crippen molar-refractivity contribution in [2.24, 2.45) is 0 Å². The molecule has 5 heteroatoms. The van der Waals surface area contributed by atoms with E-state index in [1.54, 1.807) is 22.1 Å². The highest BCUT2D eigenvalue weighted by Gasteiger charge is 2.14. The van der Waals surface area contributed by atoms with Gasteiger partial charge in [0.25, 0.3) is 0 Å². The Balaban J connectivity index is 2.11. The van der Waals surface area contributed by atoms with Crippen molar-refractivity contribution in [3.63, 3.8) is 0 Å². The number of carbonyl (C=O) groups is 1.